The van der Waals surface area contributed by atoms with Crippen LogP contribution >= 0.6 is 0 Å². The number of hydrogen-bond donors (Lipinski definition) is 0. The molecule has 0 radical (unpaired) electrons. The highest BCUT2D eigenvalue weighted by Gasteiger charge is 2.29. The molecule has 0 saturated carbocycles. The van der Waals surface area contributed by atoms with Crippen molar-refractivity contribution in [1.29, 1.82) is 0 Å². The molecular weight excluding hydrogens is 493 g/mol. The maximum absolute atomic E-state index is 2.39. The van der Waals surface area contributed by atoms with Crippen LogP contribution in [0, 0.1) is 20.8 Å². The average molecular weight is 548 g/mol. The van der Waals surface area contributed by atoms with Crippen LogP contribution in [0.2, 0.25) is 6.32 Å². The van der Waals surface area contributed by atoms with Crippen LogP contribution in [0.4, 0.5) is 0 Å². The first-order valence-corrected chi connectivity index (χ1v) is 16.2. The van der Waals surface area contributed by atoms with E-state index in [1.165, 1.54) is 104 Å². The number of rotatable bonds is 14. The van der Waals surface area contributed by atoms with Gasteiger partial charge in [-0.15, -0.1) is 0 Å². The SMILES string of the molecule is CCCCCCCCCCCC[B-](c1ccc(C)cc1)(c1ccc(C)cc1)c1ccc(C)cc1.C[n+]1ccccc1. The molecule has 0 aliphatic heterocycles. The lowest BCUT2D eigenvalue weighted by Crippen LogP contribution is -2.67. The molecule has 0 amide bonds. The van der Waals surface area contributed by atoms with E-state index >= 15 is 0 Å². The minimum absolute atomic E-state index is 0.993. The summed E-state index contributed by atoms with van der Waals surface area (Å²) in [7, 11) is 2.00. The van der Waals surface area contributed by atoms with Crippen LogP contribution in [-0.4, -0.2) is 6.15 Å². The lowest BCUT2D eigenvalue weighted by atomic mass is 9.14. The molecule has 1 heterocycles. The Morgan fingerprint density at radius 2 is 0.805 bits per heavy atom. The second-order valence-corrected chi connectivity index (χ2v) is 12.3. The molecule has 1 aromatic heterocycles. The van der Waals surface area contributed by atoms with Crippen LogP contribution < -0.4 is 21.0 Å². The Balaban J connectivity index is 0.000000575. The smallest absolute Gasteiger partial charge is 0.168 e. The normalized spacial score (nSPS) is 11.1. The monoisotopic (exact) mass is 547 g/mol. The number of pyridine rings is 1. The molecular formula is C39H54BN. The van der Waals surface area contributed by atoms with E-state index in [0.29, 0.717) is 0 Å². The quantitative estimate of drug-likeness (QED) is 0.0846. The first kappa shape index (κ1) is 32.4. The molecule has 0 atom stereocenters. The second kappa shape index (κ2) is 17.6. The third-order valence-corrected chi connectivity index (χ3v) is 8.79. The van der Waals surface area contributed by atoms with Crippen molar-refractivity contribution < 1.29 is 4.57 Å². The summed E-state index contributed by atoms with van der Waals surface area (Å²) in [5.41, 5.74) is 8.44. The van der Waals surface area contributed by atoms with Crippen molar-refractivity contribution in [2.45, 2.75) is 98.2 Å². The number of aromatic nitrogens is 1. The number of unbranched alkanes of at least 4 members (excludes halogenated alkanes) is 9. The van der Waals surface area contributed by atoms with Gasteiger partial charge in [0.2, 0.25) is 0 Å². The molecule has 2 heteroatoms. The van der Waals surface area contributed by atoms with Gasteiger partial charge >= 0.3 is 0 Å². The Morgan fingerprint density at radius 1 is 0.463 bits per heavy atom. The Hall–Kier alpha value is -3.13. The van der Waals surface area contributed by atoms with Gasteiger partial charge in [0.25, 0.3) is 0 Å². The van der Waals surface area contributed by atoms with Crippen molar-refractivity contribution in [1.82, 2.24) is 0 Å². The van der Waals surface area contributed by atoms with E-state index in [1.807, 2.05) is 42.2 Å². The van der Waals surface area contributed by atoms with Gasteiger partial charge in [0, 0.05) is 12.1 Å². The van der Waals surface area contributed by atoms with Crippen molar-refractivity contribution in [3.8, 4) is 0 Å². The number of hydrogen-bond acceptors (Lipinski definition) is 0. The van der Waals surface area contributed by atoms with E-state index in [0.717, 1.165) is 0 Å². The summed E-state index contributed by atoms with van der Waals surface area (Å²) in [6, 6.07) is 34.2. The number of nitrogens with zero attached hydrogens (tertiary/aromatic N) is 1. The molecule has 4 aromatic rings. The van der Waals surface area contributed by atoms with E-state index in [2.05, 4.69) is 100 Å². The lowest BCUT2D eigenvalue weighted by Gasteiger charge is -2.43. The summed E-state index contributed by atoms with van der Waals surface area (Å²) in [6.07, 6.45) is 18.0. The summed E-state index contributed by atoms with van der Waals surface area (Å²) in [4.78, 5) is 0. The van der Waals surface area contributed by atoms with Crippen LogP contribution in [0.3, 0.4) is 0 Å². The molecule has 0 N–H and O–H groups in total. The van der Waals surface area contributed by atoms with Crippen LogP contribution in [0.25, 0.3) is 0 Å². The number of benzene rings is 3. The van der Waals surface area contributed by atoms with Gasteiger partial charge in [-0.25, -0.2) is 4.57 Å². The predicted octanol–water partition coefficient (Wildman–Crippen LogP) is 8.51. The van der Waals surface area contributed by atoms with Crippen LogP contribution in [0.5, 0.6) is 0 Å². The third kappa shape index (κ3) is 10.3. The Morgan fingerprint density at radius 3 is 1.12 bits per heavy atom. The topological polar surface area (TPSA) is 3.88 Å². The first-order valence-electron chi connectivity index (χ1n) is 16.2. The van der Waals surface area contributed by atoms with Crippen molar-refractivity contribution in [3.63, 3.8) is 0 Å². The van der Waals surface area contributed by atoms with Crippen LogP contribution in [0.1, 0.15) is 87.8 Å². The average Bonchev–Trinajstić information content (AvgIpc) is 2.99. The summed E-state index contributed by atoms with van der Waals surface area (Å²) in [5, 5.41) is 0. The summed E-state index contributed by atoms with van der Waals surface area (Å²) in [6.45, 7) is 8.88. The molecule has 218 valence electrons. The van der Waals surface area contributed by atoms with Gasteiger partial charge in [-0.2, -0.15) is 22.7 Å². The minimum atomic E-state index is -0.993. The fourth-order valence-corrected chi connectivity index (χ4v) is 6.19. The molecule has 41 heavy (non-hydrogen) atoms. The zero-order valence-corrected chi connectivity index (χ0v) is 26.6. The Labute approximate surface area is 252 Å². The standard InChI is InChI=1S/C33H46B.C6H8N/c1-5-6-7-8-9-10-11-12-13-14-27-34(31-21-15-28(2)16-22-31,32-23-17-29(3)18-24-32)33-25-19-30(4)20-26-33;1-7-5-3-2-4-6-7/h15-26H,5-14,27H2,1-4H3;2-6H,1H3/q-1;+1. The van der Waals surface area contributed by atoms with E-state index in [9.17, 15) is 0 Å². The van der Waals surface area contributed by atoms with Gasteiger partial charge in [-0.3, -0.25) is 0 Å². The van der Waals surface area contributed by atoms with Crippen LogP contribution in [-0.2, 0) is 7.05 Å². The largest absolute Gasteiger partial charge is 0.208 e. The van der Waals surface area contributed by atoms with Crippen molar-refractivity contribution >= 4 is 22.5 Å². The summed E-state index contributed by atoms with van der Waals surface area (Å²) in [5.74, 6) is 0. The molecule has 0 unspecified atom stereocenters. The van der Waals surface area contributed by atoms with Gasteiger partial charge in [-0.05, 0) is 20.8 Å². The van der Waals surface area contributed by atoms with Gasteiger partial charge in [0.15, 0.2) is 12.4 Å². The third-order valence-electron chi connectivity index (χ3n) is 8.79. The van der Waals surface area contributed by atoms with E-state index < -0.39 is 6.15 Å². The van der Waals surface area contributed by atoms with Gasteiger partial charge in [0.05, 0.1) is 6.15 Å². The fourth-order valence-electron chi connectivity index (χ4n) is 6.19. The summed E-state index contributed by atoms with van der Waals surface area (Å²) < 4.78 is 2.00. The molecule has 0 aliphatic carbocycles. The molecule has 0 saturated heterocycles. The first-order chi connectivity index (χ1) is 20.0. The predicted molar refractivity (Wildman–Crippen MR) is 182 cm³/mol. The fraction of sp³-hybridized carbons (Fsp3) is 0.410. The number of aryl methyl sites for hydroxylation is 4. The second-order valence-electron chi connectivity index (χ2n) is 12.3. The molecule has 0 fully saturated rings. The zero-order valence-electron chi connectivity index (χ0n) is 26.6. The molecule has 4 rings (SSSR count). The highest BCUT2D eigenvalue weighted by Crippen LogP contribution is 2.20. The van der Waals surface area contributed by atoms with Crippen LogP contribution in [0.15, 0.2) is 103 Å². The Kier molecular flexibility index (Phi) is 13.9. The maximum Gasteiger partial charge on any atom is 0.168 e. The zero-order chi connectivity index (χ0) is 29.3. The van der Waals surface area contributed by atoms with Crippen molar-refractivity contribution in [3.05, 3.63) is 120 Å². The van der Waals surface area contributed by atoms with Crippen molar-refractivity contribution in [2.24, 2.45) is 7.05 Å². The van der Waals surface area contributed by atoms with E-state index in [1.54, 1.807) is 0 Å². The summed E-state index contributed by atoms with van der Waals surface area (Å²) >= 11 is 0. The molecule has 0 aliphatic rings. The van der Waals surface area contributed by atoms with E-state index in [4.69, 9.17) is 0 Å². The van der Waals surface area contributed by atoms with Gasteiger partial charge in [0.1, 0.15) is 7.05 Å². The molecule has 1 nitrogen and oxygen atoms in total. The highest BCUT2D eigenvalue weighted by atomic mass is 14.9. The molecule has 3 aromatic carbocycles. The minimum Gasteiger partial charge on any atom is -0.208 e. The maximum atomic E-state index is 2.39. The lowest BCUT2D eigenvalue weighted by molar-refractivity contribution is -0.671. The van der Waals surface area contributed by atoms with Gasteiger partial charge in [-0.1, -0.05) is 167 Å². The molecule has 0 bridgehead atoms. The van der Waals surface area contributed by atoms with Gasteiger partial charge < -0.3 is 0 Å². The van der Waals surface area contributed by atoms with E-state index in [-0.39, 0.29) is 0 Å². The highest BCUT2D eigenvalue weighted by molar-refractivity contribution is 7.11. The Bertz CT molecular complexity index is 1120. The molecule has 0 spiro atoms. The van der Waals surface area contributed by atoms with Crippen molar-refractivity contribution in [2.75, 3.05) is 0 Å².